The van der Waals surface area contributed by atoms with Crippen molar-refractivity contribution in [1.82, 2.24) is 15.0 Å². The highest BCUT2D eigenvalue weighted by molar-refractivity contribution is 5.85. The summed E-state index contributed by atoms with van der Waals surface area (Å²) in [5.41, 5.74) is 6.69. The third-order valence-electron chi connectivity index (χ3n) is 4.39. The molecule has 0 bridgehead atoms. The number of nitrogens with zero attached hydrogens (tertiary/aromatic N) is 3. The van der Waals surface area contributed by atoms with Gasteiger partial charge < -0.3 is 20.7 Å². The van der Waals surface area contributed by atoms with Gasteiger partial charge in [0, 0.05) is 31.2 Å². The molecule has 7 nitrogen and oxygen atoms in total. The van der Waals surface area contributed by atoms with Gasteiger partial charge in [-0.05, 0) is 48.9 Å². The number of hydrogen-bond donors (Lipinski definition) is 3. The molecule has 164 valence electrons. The Balaban J connectivity index is 2.31. The standard InChI is InChI=1S/C21H21F3N4O3/c1-11-9-13(10-15(26-11)18(23)24)16-17(12-3-5-14(22)6-4-12)27-20(25)28-19(16)31-21(2,30)7-8-29/h3-6,9-10,18,29-30H,7-8H2,1-2H3,(H2,25,27,28). The molecule has 2 heterocycles. The molecule has 0 aliphatic carbocycles. The van der Waals surface area contributed by atoms with Crippen molar-refractivity contribution < 1.29 is 28.1 Å². The highest BCUT2D eigenvalue weighted by atomic mass is 19.3. The molecule has 0 amide bonds. The van der Waals surface area contributed by atoms with Crippen LogP contribution < -0.4 is 10.5 Å². The summed E-state index contributed by atoms with van der Waals surface area (Å²) in [4.78, 5) is 12.1. The summed E-state index contributed by atoms with van der Waals surface area (Å²) in [6.07, 6.45) is -2.98. The number of aryl methyl sites for hydroxylation is 1. The third-order valence-corrected chi connectivity index (χ3v) is 4.39. The number of nitrogens with two attached hydrogens (primary N) is 1. The molecule has 3 rings (SSSR count). The maximum absolute atomic E-state index is 13.5. The van der Waals surface area contributed by atoms with Crippen LogP contribution in [0.4, 0.5) is 19.1 Å². The van der Waals surface area contributed by atoms with Crippen molar-refractivity contribution in [2.24, 2.45) is 0 Å². The van der Waals surface area contributed by atoms with Gasteiger partial charge in [0.15, 0.2) is 0 Å². The Kier molecular flexibility index (Phi) is 6.42. The predicted molar refractivity (Wildman–Crippen MR) is 108 cm³/mol. The lowest BCUT2D eigenvalue weighted by atomic mass is 9.99. The minimum absolute atomic E-state index is 0.153. The zero-order valence-electron chi connectivity index (χ0n) is 16.8. The van der Waals surface area contributed by atoms with E-state index >= 15 is 0 Å². The Hall–Kier alpha value is -3.24. The first kappa shape index (κ1) is 22.4. The number of aliphatic hydroxyl groups excluding tert-OH is 1. The number of pyridine rings is 1. The van der Waals surface area contributed by atoms with Crippen molar-refractivity contribution in [2.75, 3.05) is 12.3 Å². The number of ether oxygens (including phenoxy) is 1. The third kappa shape index (κ3) is 5.28. The summed E-state index contributed by atoms with van der Waals surface area (Å²) < 4.78 is 45.9. The Morgan fingerprint density at radius 2 is 1.77 bits per heavy atom. The Morgan fingerprint density at radius 1 is 1.10 bits per heavy atom. The SMILES string of the molecule is Cc1cc(-c2c(OC(C)(O)CCO)nc(N)nc2-c2ccc(F)cc2)cc(C(F)F)n1. The fraction of sp³-hybridized carbons (Fsp3) is 0.286. The van der Waals surface area contributed by atoms with Crippen LogP contribution in [-0.2, 0) is 0 Å². The lowest BCUT2D eigenvalue weighted by Gasteiger charge is -2.25. The molecule has 3 aromatic rings. The van der Waals surface area contributed by atoms with Gasteiger partial charge in [0.25, 0.3) is 6.43 Å². The van der Waals surface area contributed by atoms with Crippen LogP contribution in [0.2, 0.25) is 0 Å². The number of benzene rings is 1. The van der Waals surface area contributed by atoms with Gasteiger partial charge >= 0.3 is 0 Å². The minimum Gasteiger partial charge on any atom is -0.445 e. The molecule has 4 N–H and O–H groups in total. The summed E-state index contributed by atoms with van der Waals surface area (Å²) in [5.74, 6) is -2.71. The summed E-state index contributed by atoms with van der Waals surface area (Å²) in [7, 11) is 0. The molecule has 0 radical (unpaired) electrons. The van der Waals surface area contributed by atoms with Crippen molar-refractivity contribution in [3.63, 3.8) is 0 Å². The van der Waals surface area contributed by atoms with Gasteiger partial charge in [0.2, 0.25) is 17.6 Å². The van der Waals surface area contributed by atoms with E-state index in [2.05, 4.69) is 15.0 Å². The van der Waals surface area contributed by atoms with Gasteiger partial charge in [-0.15, -0.1) is 0 Å². The number of halogens is 3. The van der Waals surface area contributed by atoms with Crippen molar-refractivity contribution in [3.8, 4) is 28.3 Å². The molecule has 2 aromatic heterocycles. The van der Waals surface area contributed by atoms with Gasteiger partial charge in [0.1, 0.15) is 11.5 Å². The number of alkyl halides is 2. The van der Waals surface area contributed by atoms with E-state index in [0.717, 1.165) is 6.07 Å². The fourth-order valence-corrected chi connectivity index (χ4v) is 3.02. The van der Waals surface area contributed by atoms with Crippen molar-refractivity contribution >= 4 is 5.95 Å². The minimum atomic E-state index is -2.83. The molecule has 0 spiro atoms. The van der Waals surface area contributed by atoms with Gasteiger partial charge in [-0.3, -0.25) is 4.98 Å². The molecule has 0 saturated carbocycles. The Labute approximate surface area is 176 Å². The number of aromatic nitrogens is 3. The van der Waals surface area contributed by atoms with Crippen molar-refractivity contribution in [1.29, 1.82) is 0 Å². The molecule has 0 aliphatic rings. The normalized spacial score (nSPS) is 13.3. The van der Waals surface area contributed by atoms with E-state index in [1.807, 2.05) is 0 Å². The summed E-state index contributed by atoms with van der Waals surface area (Å²) in [5, 5.41) is 19.6. The Bertz CT molecular complexity index is 1080. The molecule has 0 saturated heterocycles. The average molecular weight is 434 g/mol. The first-order chi connectivity index (χ1) is 14.6. The van der Waals surface area contributed by atoms with E-state index in [-0.39, 0.29) is 41.7 Å². The predicted octanol–water partition coefficient (Wildman–Crippen LogP) is 3.64. The van der Waals surface area contributed by atoms with Crippen LogP contribution in [-0.4, -0.2) is 37.6 Å². The van der Waals surface area contributed by atoms with Gasteiger partial charge in [0.05, 0.1) is 11.3 Å². The molecular formula is C21H21F3N4O3. The summed E-state index contributed by atoms with van der Waals surface area (Å²) in [6.45, 7) is 2.48. The quantitative estimate of drug-likeness (QED) is 0.487. The van der Waals surface area contributed by atoms with Gasteiger partial charge in [-0.2, -0.15) is 4.98 Å². The molecule has 10 heteroatoms. The molecule has 0 fully saturated rings. The van der Waals surface area contributed by atoms with Crippen LogP contribution in [0, 0.1) is 12.7 Å². The van der Waals surface area contributed by atoms with Crippen LogP contribution in [0.25, 0.3) is 22.4 Å². The van der Waals surface area contributed by atoms with E-state index in [1.165, 1.54) is 37.3 Å². The fourth-order valence-electron chi connectivity index (χ4n) is 3.02. The van der Waals surface area contributed by atoms with Crippen molar-refractivity contribution in [3.05, 3.63) is 53.6 Å². The number of rotatable bonds is 7. The molecule has 1 atom stereocenters. The first-order valence-electron chi connectivity index (χ1n) is 9.32. The monoisotopic (exact) mass is 434 g/mol. The van der Waals surface area contributed by atoms with E-state index in [9.17, 15) is 23.4 Å². The second kappa shape index (κ2) is 8.86. The van der Waals surface area contributed by atoms with E-state index in [0.29, 0.717) is 11.3 Å². The number of anilines is 1. The highest BCUT2D eigenvalue weighted by Crippen LogP contribution is 2.40. The zero-order valence-corrected chi connectivity index (χ0v) is 16.8. The molecule has 1 unspecified atom stereocenters. The number of nitrogen functional groups attached to an aromatic ring is 1. The second-order valence-corrected chi connectivity index (χ2v) is 7.09. The highest BCUT2D eigenvalue weighted by Gasteiger charge is 2.28. The smallest absolute Gasteiger partial charge is 0.280 e. The Morgan fingerprint density at radius 3 is 2.39 bits per heavy atom. The maximum atomic E-state index is 13.5. The lowest BCUT2D eigenvalue weighted by Crippen LogP contribution is -2.33. The lowest BCUT2D eigenvalue weighted by molar-refractivity contribution is -0.134. The van der Waals surface area contributed by atoms with Gasteiger partial charge in [-0.25, -0.2) is 18.2 Å². The summed E-state index contributed by atoms with van der Waals surface area (Å²) >= 11 is 0. The largest absolute Gasteiger partial charge is 0.445 e. The van der Waals surface area contributed by atoms with Crippen LogP contribution in [0.15, 0.2) is 36.4 Å². The van der Waals surface area contributed by atoms with Gasteiger partial charge in [-0.1, -0.05) is 0 Å². The van der Waals surface area contributed by atoms with Crippen LogP contribution in [0.5, 0.6) is 5.88 Å². The van der Waals surface area contributed by atoms with Crippen molar-refractivity contribution in [2.45, 2.75) is 32.5 Å². The van der Waals surface area contributed by atoms with Crippen LogP contribution >= 0.6 is 0 Å². The summed E-state index contributed by atoms with van der Waals surface area (Å²) in [6, 6.07) is 8.00. The zero-order chi connectivity index (χ0) is 22.8. The molecular weight excluding hydrogens is 413 g/mol. The second-order valence-electron chi connectivity index (χ2n) is 7.09. The molecule has 0 aliphatic heterocycles. The molecule has 31 heavy (non-hydrogen) atoms. The van der Waals surface area contributed by atoms with E-state index in [1.54, 1.807) is 6.92 Å². The van der Waals surface area contributed by atoms with E-state index < -0.39 is 23.7 Å². The first-order valence-corrected chi connectivity index (χ1v) is 9.32. The average Bonchev–Trinajstić information content (AvgIpc) is 2.67. The maximum Gasteiger partial charge on any atom is 0.280 e. The molecule has 1 aromatic carbocycles. The topological polar surface area (TPSA) is 114 Å². The van der Waals surface area contributed by atoms with Crippen LogP contribution in [0.1, 0.15) is 31.2 Å². The van der Waals surface area contributed by atoms with E-state index in [4.69, 9.17) is 10.5 Å². The number of aliphatic hydroxyl groups is 2. The number of hydrogen-bond acceptors (Lipinski definition) is 7. The van der Waals surface area contributed by atoms with Crippen LogP contribution in [0.3, 0.4) is 0 Å².